The number of hydrogen-bond donors (Lipinski definition) is 0. The number of rotatable bonds is 6. The van der Waals surface area contributed by atoms with Gasteiger partial charge in [0.05, 0.1) is 6.42 Å². The molecule has 0 fully saturated rings. The number of thioether (sulfide) groups is 1. The number of aromatic nitrogens is 4. The fraction of sp³-hybridized carbons (Fsp3) is 0.263. The molecule has 0 aliphatic rings. The third-order valence-corrected chi connectivity index (χ3v) is 4.76. The molecule has 0 saturated carbocycles. The Kier molecular flexibility index (Phi) is 5.37. The van der Waals surface area contributed by atoms with Crippen LogP contribution in [0.5, 0.6) is 0 Å². The summed E-state index contributed by atoms with van der Waals surface area (Å²) < 4.78 is 1.71. The van der Waals surface area contributed by atoms with Gasteiger partial charge in [-0.25, -0.2) is 9.50 Å². The van der Waals surface area contributed by atoms with Crippen LogP contribution in [0.25, 0.3) is 5.78 Å². The molecule has 0 unspecified atom stereocenters. The van der Waals surface area contributed by atoms with Crippen LogP contribution in [0, 0.1) is 13.8 Å². The van der Waals surface area contributed by atoms with E-state index in [0.717, 1.165) is 22.6 Å². The van der Waals surface area contributed by atoms with Crippen molar-refractivity contribution in [2.45, 2.75) is 25.4 Å². The fourth-order valence-electron chi connectivity index (χ4n) is 2.87. The van der Waals surface area contributed by atoms with E-state index >= 15 is 0 Å². The summed E-state index contributed by atoms with van der Waals surface area (Å²) in [6.45, 7) is 8.08. The van der Waals surface area contributed by atoms with E-state index in [4.69, 9.17) is 0 Å². The molecule has 6 nitrogen and oxygen atoms in total. The number of anilines is 1. The van der Waals surface area contributed by atoms with Gasteiger partial charge in [0, 0.05) is 29.2 Å². The lowest BCUT2D eigenvalue weighted by atomic mass is 10.1. The van der Waals surface area contributed by atoms with Crippen molar-refractivity contribution in [3.8, 4) is 0 Å². The van der Waals surface area contributed by atoms with E-state index in [1.54, 1.807) is 15.5 Å². The van der Waals surface area contributed by atoms with Crippen LogP contribution in [-0.4, -0.2) is 38.3 Å². The van der Waals surface area contributed by atoms with Crippen LogP contribution in [0.4, 0.5) is 5.69 Å². The first-order valence-electron chi connectivity index (χ1n) is 8.28. The molecule has 1 amide bonds. The van der Waals surface area contributed by atoms with Gasteiger partial charge >= 0.3 is 0 Å². The lowest BCUT2D eigenvalue weighted by Crippen LogP contribution is -2.33. The molecule has 0 saturated heterocycles. The molecular formula is C19H21N5OS. The van der Waals surface area contributed by atoms with Crippen LogP contribution in [-0.2, 0) is 11.2 Å². The van der Waals surface area contributed by atoms with E-state index < -0.39 is 0 Å². The minimum absolute atomic E-state index is 0.00587. The van der Waals surface area contributed by atoms with Crippen LogP contribution >= 0.6 is 11.8 Å². The molecule has 0 aliphatic heterocycles. The Morgan fingerprint density at radius 3 is 2.65 bits per heavy atom. The zero-order chi connectivity index (χ0) is 18.7. The Balaban J connectivity index is 1.96. The number of fused-ring (bicyclic) bond motifs is 1. The number of carbonyl (C=O) groups excluding carboxylic acids is 1. The van der Waals surface area contributed by atoms with Crippen molar-refractivity contribution in [1.29, 1.82) is 0 Å². The standard InChI is InChI=1S/C19H21N5OS/c1-5-11-23(15-9-7-6-8-10-15)17(25)12-16-13(2)20-18-21-19(26-4)22-24(18)14(16)3/h5-10H,1,11-12H2,2-4H3. The Bertz CT molecular complexity index is 951. The second-order valence-corrected chi connectivity index (χ2v) is 6.65. The van der Waals surface area contributed by atoms with Crippen LogP contribution < -0.4 is 4.90 Å². The molecule has 1 aromatic carbocycles. The Labute approximate surface area is 157 Å². The topological polar surface area (TPSA) is 63.4 Å². The van der Waals surface area contributed by atoms with E-state index in [2.05, 4.69) is 21.6 Å². The highest BCUT2D eigenvalue weighted by Gasteiger charge is 2.20. The van der Waals surface area contributed by atoms with E-state index in [9.17, 15) is 4.79 Å². The van der Waals surface area contributed by atoms with Gasteiger partial charge in [0.25, 0.3) is 5.78 Å². The molecule has 3 rings (SSSR count). The Morgan fingerprint density at radius 1 is 1.27 bits per heavy atom. The molecular weight excluding hydrogens is 346 g/mol. The molecule has 0 N–H and O–H groups in total. The molecule has 0 spiro atoms. The van der Waals surface area contributed by atoms with Gasteiger partial charge < -0.3 is 4.90 Å². The average Bonchev–Trinajstić information content (AvgIpc) is 3.07. The van der Waals surface area contributed by atoms with Gasteiger partial charge in [-0.1, -0.05) is 36.0 Å². The van der Waals surface area contributed by atoms with Crippen molar-refractivity contribution in [2.24, 2.45) is 0 Å². The molecule has 0 bridgehead atoms. The van der Waals surface area contributed by atoms with E-state index in [1.807, 2.05) is 50.4 Å². The van der Waals surface area contributed by atoms with E-state index in [1.165, 1.54) is 11.8 Å². The maximum Gasteiger partial charge on any atom is 0.253 e. The summed E-state index contributed by atoms with van der Waals surface area (Å²) in [6.07, 6.45) is 3.90. The average molecular weight is 367 g/mol. The van der Waals surface area contributed by atoms with Crippen molar-refractivity contribution in [3.63, 3.8) is 0 Å². The fourth-order valence-corrected chi connectivity index (χ4v) is 3.20. The summed E-state index contributed by atoms with van der Waals surface area (Å²) in [5.41, 5.74) is 3.42. The molecule has 2 heterocycles. The zero-order valence-electron chi connectivity index (χ0n) is 15.1. The summed E-state index contributed by atoms with van der Waals surface area (Å²) >= 11 is 1.47. The van der Waals surface area contributed by atoms with Gasteiger partial charge in [0.1, 0.15) is 0 Å². The SMILES string of the molecule is C=CCN(C(=O)Cc1c(C)nc2nc(SC)nn2c1C)c1ccccc1. The third kappa shape index (κ3) is 3.48. The van der Waals surface area contributed by atoms with Gasteiger partial charge in [-0.15, -0.1) is 11.7 Å². The predicted octanol–water partition coefficient (Wildman–Crippen LogP) is 3.22. The first-order chi connectivity index (χ1) is 12.5. The van der Waals surface area contributed by atoms with Gasteiger partial charge in [-0.05, 0) is 32.2 Å². The number of amides is 1. The van der Waals surface area contributed by atoms with Gasteiger partial charge in [0.15, 0.2) is 0 Å². The number of benzene rings is 1. The highest BCUT2D eigenvalue weighted by atomic mass is 32.2. The summed E-state index contributed by atoms with van der Waals surface area (Å²) in [6, 6.07) is 9.61. The summed E-state index contributed by atoms with van der Waals surface area (Å²) in [5, 5.41) is 5.11. The second-order valence-electron chi connectivity index (χ2n) is 5.88. The first-order valence-corrected chi connectivity index (χ1v) is 9.50. The first kappa shape index (κ1) is 18.1. The van der Waals surface area contributed by atoms with Crippen LogP contribution in [0.2, 0.25) is 0 Å². The van der Waals surface area contributed by atoms with Crippen LogP contribution in [0.1, 0.15) is 17.0 Å². The minimum Gasteiger partial charge on any atom is -0.308 e. The van der Waals surface area contributed by atoms with Crippen molar-refractivity contribution in [1.82, 2.24) is 19.6 Å². The largest absolute Gasteiger partial charge is 0.308 e. The number of nitrogens with zero attached hydrogens (tertiary/aromatic N) is 5. The number of para-hydroxylation sites is 1. The van der Waals surface area contributed by atoms with E-state index in [-0.39, 0.29) is 12.3 Å². The van der Waals surface area contributed by atoms with Crippen molar-refractivity contribution in [2.75, 3.05) is 17.7 Å². The van der Waals surface area contributed by atoms with Crippen LogP contribution in [0.3, 0.4) is 0 Å². The lowest BCUT2D eigenvalue weighted by molar-refractivity contribution is -0.117. The van der Waals surface area contributed by atoms with Gasteiger partial charge in [-0.2, -0.15) is 4.98 Å². The maximum absolute atomic E-state index is 13.0. The highest BCUT2D eigenvalue weighted by molar-refractivity contribution is 7.98. The quantitative estimate of drug-likeness (QED) is 0.494. The zero-order valence-corrected chi connectivity index (χ0v) is 16.0. The van der Waals surface area contributed by atoms with Gasteiger partial charge in [0.2, 0.25) is 11.1 Å². The van der Waals surface area contributed by atoms with Gasteiger partial charge in [-0.3, -0.25) is 4.79 Å². The molecule has 134 valence electrons. The lowest BCUT2D eigenvalue weighted by Gasteiger charge is -2.22. The molecule has 0 aliphatic carbocycles. The van der Waals surface area contributed by atoms with Crippen molar-refractivity contribution < 1.29 is 4.79 Å². The summed E-state index contributed by atoms with van der Waals surface area (Å²) in [4.78, 5) is 23.6. The molecule has 7 heteroatoms. The van der Waals surface area contributed by atoms with Crippen LogP contribution in [0.15, 0.2) is 48.1 Å². The number of aryl methyl sites for hydroxylation is 2. The van der Waals surface area contributed by atoms with Crippen molar-refractivity contribution >= 4 is 29.1 Å². The predicted molar refractivity (Wildman–Crippen MR) is 105 cm³/mol. The highest BCUT2D eigenvalue weighted by Crippen LogP contribution is 2.20. The maximum atomic E-state index is 13.0. The summed E-state index contributed by atoms with van der Waals surface area (Å²) in [5.74, 6) is 0.556. The third-order valence-electron chi connectivity index (χ3n) is 4.22. The molecule has 26 heavy (non-hydrogen) atoms. The normalized spacial score (nSPS) is 10.9. The smallest absolute Gasteiger partial charge is 0.253 e. The molecule has 2 aromatic heterocycles. The number of hydrogen-bond acceptors (Lipinski definition) is 5. The van der Waals surface area contributed by atoms with Crippen molar-refractivity contribution in [3.05, 3.63) is 59.9 Å². The Hall–Kier alpha value is -2.67. The second kappa shape index (κ2) is 7.70. The summed E-state index contributed by atoms with van der Waals surface area (Å²) in [7, 11) is 0. The molecule has 3 aromatic rings. The monoisotopic (exact) mass is 367 g/mol. The molecule has 0 atom stereocenters. The Morgan fingerprint density at radius 2 is 2.00 bits per heavy atom. The molecule has 0 radical (unpaired) electrons. The minimum atomic E-state index is -0.00587. The van der Waals surface area contributed by atoms with E-state index in [0.29, 0.717) is 17.5 Å². The number of carbonyl (C=O) groups is 1.